The Balaban J connectivity index is 2.31. The zero-order valence-corrected chi connectivity index (χ0v) is 9.17. The molecule has 0 aromatic carbocycles. The van der Waals surface area contributed by atoms with Gasteiger partial charge in [0.15, 0.2) is 11.7 Å². The number of ether oxygens (including phenoxy) is 1. The second-order valence-electron chi connectivity index (χ2n) is 3.31. The van der Waals surface area contributed by atoms with Crippen LogP contribution in [0.4, 0.5) is 0 Å². The lowest BCUT2D eigenvalue weighted by Gasteiger charge is -2.18. The average Bonchev–Trinajstić information content (AvgIpc) is 2.65. The van der Waals surface area contributed by atoms with E-state index in [1.165, 1.54) is 11.3 Å². The molecule has 1 aliphatic rings. The first-order valence-electron chi connectivity index (χ1n) is 4.85. The molecule has 1 heterocycles. The third-order valence-electron chi connectivity index (χ3n) is 2.39. The smallest absolute Gasteiger partial charge is 0.321 e. The van der Waals surface area contributed by atoms with Crippen molar-refractivity contribution in [3.05, 3.63) is 16.1 Å². The summed E-state index contributed by atoms with van der Waals surface area (Å²) in [6.07, 6.45) is 1.04. The Bertz CT molecular complexity index is 399. The number of fused-ring (bicyclic) bond motifs is 1. The summed E-state index contributed by atoms with van der Waals surface area (Å²) in [5.74, 6) is -1.21. The molecule has 1 aromatic heterocycles. The van der Waals surface area contributed by atoms with Crippen molar-refractivity contribution < 1.29 is 14.3 Å². The zero-order valence-electron chi connectivity index (χ0n) is 8.36. The fourth-order valence-corrected chi connectivity index (χ4v) is 2.65. The summed E-state index contributed by atoms with van der Waals surface area (Å²) in [6.45, 7) is 2.04. The van der Waals surface area contributed by atoms with Gasteiger partial charge in [-0.05, 0) is 13.3 Å². The second kappa shape index (κ2) is 4.10. The maximum absolute atomic E-state index is 11.6. The maximum Gasteiger partial charge on any atom is 0.321 e. The minimum atomic E-state index is -0.721. The van der Waals surface area contributed by atoms with Crippen LogP contribution in [0.1, 0.15) is 29.8 Å². The lowest BCUT2D eigenvalue weighted by Crippen LogP contribution is -2.28. The molecule has 1 unspecified atom stereocenters. The average molecular weight is 225 g/mol. The van der Waals surface area contributed by atoms with Crippen molar-refractivity contribution in [2.24, 2.45) is 0 Å². The van der Waals surface area contributed by atoms with Gasteiger partial charge in [-0.15, -0.1) is 11.3 Å². The lowest BCUT2D eigenvalue weighted by atomic mass is 9.90. The molecule has 5 heteroatoms. The molecule has 0 spiro atoms. The van der Waals surface area contributed by atoms with Gasteiger partial charge < -0.3 is 4.74 Å². The molecule has 15 heavy (non-hydrogen) atoms. The van der Waals surface area contributed by atoms with Gasteiger partial charge in [0.25, 0.3) is 0 Å². The quantitative estimate of drug-likeness (QED) is 0.562. The van der Waals surface area contributed by atoms with E-state index in [4.69, 9.17) is 4.74 Å². The molecule has 0 aliphatic heterocycles. The number of carbonyl (C=O) groups excluding carboxylic acids is 2. The minimum absolute atomic E-state index is 0.0507. The largest absolute Gasteiger partial charge is 0.465 e. The van der Waals surface area contributed by atoms with E-state index in [1.54, 1.807) is 12.4 Å². The van der Waals surface area contributed by atoms with Crippen LogP contribution in [0.25, 0.3) is 0 Å². The summed E-state index contributed by atoms with van der Waals surface area (Å²) in [5.41, 5.74) is 2.55. The number of rotatable bonds is 2. The molecule has 0 fully saturated rings. The molecule has 1 aromatic rings. The van der Waals surface area contributed by atoms with Crippen LogP contribution in [0.2, 0.25) is 0 Å². The van der Waals surface area contributed by atoms with Gasteiger partial charge in [-0.3, -0.25) is 9.59 Å². The summed E-state index contributed by atoms with van der Waals surface area (Å²) in [5, 5.41) is 0. The topological polar surface area (TPSA) is 56.3 Å². The first-order chi connectivity index (χ1) is 7.24. The van der Waals surface area contributed by atoms with Crippen molar-refractivity contribution in [3.63, 3.8) is 0 Å². The molecular weight excluding hydrogens is 214 g/mol. The predicted octanol–water partition coefficient (Wildman–Crippen LogP) is 1.31. The van der Waals surface area contributed by atoms with Crippen LogP contribution < -0.4 is 0 Å². The highest BCUT2D eigenvalue weighted by molar-refractivity contribution is 7.10. The Kier molecular flexibility index (Phi) is 2.81. The lowest BCUT2D eigenvalue weighted by molar-refractivity contribution is -0.148. The number of esters is 1. The first-order valence-corrected chi connectivity index (χ1v) is 5.73. The van der Waals surface area contributed by atoms with Crippen LogP contribution in [0.5, 0.6) is 0 Å². The number of carbonyl (C=O) groups is 2. The molecule has 0 bridgehead atoms. The molecule has 0 saturated carbocycles. The van der Waals surface area contributed by atoms with Crippen LogP contribution in [0.3, 0.4) is 0 Å². The Hall–Kier alpha value is -1.23. The molecule has 0 N–H and O–H groups in total. The highest BCUT2D eigenvalue weighted by Gasteiger charge is 2.36. The molecule has 1 aliphatic carbocycles. The Morgan fingerprint density at radius 1 is 1.67 bits per heavy atom. The summed E-state index contributed by atoms with van der Waals surface area (Å²) < 4.78 is 4.90. The fraction of sp³-hybridized carbons (Fsp3) is 0.500. The monoisotopic (exact) mass is 225 g/mol. The van der Waals surface area contributed by atoms with E-state index in [1.807, 2.05) is 0 Å². The highest BCUT2D eigenvalue weighted by atomic mass is 32.1. The van der Waals surface area contributed by atoms with Gasteiger partial charge in [0.2, 0.25) is 0 Å². The molecule has 4 nitrogen and oxygen atoms in total. The van der Waals surface area contributed by atoms with E-state index >= 15 is 0 Å². The summed E-state index contributed by atoms with van der Waals surface area (Å²) >= 11 is 1.36. The molecule has 80 valence electrons. The van der Waals surface area contributed by atoms with Crippen LogP contribution in [0.15, 0.2) is 5.51 Å². The third-order valence-corrected chi connectivity index (χ3v) is 3.32. The van der Waals surface area contributed by atoms with Gasteiger partial charge in [0.05, 0.1) is 17.8 Å². The number of aromatic nitrogens is 1. The molecule has 2 rings (SSSR count). The van der Waals surface area contributed by atoms with Gasteiger partial charge in [-0.25, -0.2) is 4.98 Å². The van der Waals surface area contributed by atoms with Crippen molar-refractivity contribution >= 4 is 23.1 Å². The summed E-state index contributed by atoms with van der Waals surface area (Å²) in [4.78, 5) is 28.2. The van der Waals surface area contributed by atoms with Gasteiger partial charge in [0, 0.05) is 11.3 Å². The Morgan fingerprint density at radius 3 is 3.20 bits per heavy atom. The molecular formula is C10H11NO3S. The molecule has 0 amide bonds. The van der Waals surface area contributed by atoms with Crippen molar-refractivity contribution in [3.8, 4) is 0 Å². The van der Waals surface area contributed by atoms with Gasteiger partial charge in [-0.1, -0.05) is 0 Å². The number of hydrogen-bond acceptors (Lipinski definition) is 5. The van der Waals surface area contributed by atoms with Gasteiger partial charge in [-0.2, -0.15) is 0 Å². The molecule has 1 atom stereocenters. The fourth-order valence-electron chi connectivity index (χ4n) is 1.70. The maximum atomic E-state index is 11.6. The summed E-state index contributed by atoms with van der Waals surface area (Å²) in [6, 6.07) is 0. The number of nitrogens with zero attached hydrogens (tertiary/aromatic N) is 1. The van der Waals surface area contributed by atoms with E-state index < -0.39 is 11.9 Å². The van der Waals surface area contributed by atoms with Gasteiger partial charge in [0.1, 0.15) is 0 Å². The predicted molar refractivity (Wildman–Crippen MR) is 54.8 cm³/mol. The first kappa shape index (κ1) is 10.3. The van der Waals surface area contributed by atoms with Crippen molar-refractivity contribution in [1.29, 1.82) is 0 Å². The van der Waals surface area contributed by atoms with Gasteiger partial charge >= 0.3 is 5.97 Å². The molecule has 0 radical (unpaired) electrons. The zero-order chi connectivity index (χ0) is 10.8. The number of aryl methyl sites for hydroxylation is 1. The SMILES string of the molecule is CCOC(=O)C1C(=O)CCc2ncsc21. The normalized spacial score (nSPS) is 19.8. The number of Topliss-reactive ketones (excluding diaryl/α,β-unsaturated/α-hetero) is 1. The van der Waals surface area contributed by atoms with Crippen molar-refractivity contribution in [2.75, 3.05) is 6.61 Å². The van der Waals surface area contributed by atoms with E-state index in [0.29, 0.717) is 19.4 Å². The van der Waals surface area contributed by atoms with Crippen LogP contribution in [-0.2, 0) is 20.7 Å². The van der Waals surface area contributed by atoms with E-state index in [0.717, 1.165) is 10.6 Å². The number of hydrogen-bond donors (Lipinski definition) is 0. The van der Waals surface area contributed by atoms with Crippen LogP contribution in [-0.4, -0.2) is 23.3 Å². The highest BCUT2D eigenvalue weighted by Crippen LogP contribution is 2.32. The standard InChI is InChI=1S/C10H11NO3S/c1-2-14-10(13)8-7(12)4-3-6-9(8)15-5-11-6/h5,8H,2-4H2,1H3. The third kappa shape index (κ3) is 1.79. The Morgan fingerprint density at radius 2 is 2.47 bits per heavy atom. The van der Waals surface area contributed by atoms with E-state index in [9.17, 15) is 9.59 Å². The molecule has 0 saturated heterocycles. The number of thiazole rings is 1. The van der Waals surface area contributed by atoms with E-state index in [-0.39, 0.29) is 5.78 Å². The van der Waals surface area contributed by atoms with Crippen molar-refractivity contribution in [1.82, 2.24) is 4.98 Å². The van der Waals surface area contributed by atoms with Crippen molar-refractivity contribution in [2.45, 2.75) is 25.7 Å². The summed E-state index contributed by atoms with van der Waals surface area (Å²) in [7, 11) is 0. The van der Waals surface area contributed by atoms with Crippen LogP contribution >= 0.6 is 11.3 Å². The van der Waals surface area contributed by atoms with E-state index in [2.05, 4.69) is 4.98 Å². The second-order valence-corrected chi connectivity index (χ2v) is 4.20. The Labute approximate surface area is 91.3 Å². The number of ketones is 1. The van der Waals surface area contributed by atoms with Crippen LogP contribution in [0, 0.1) is 0 Å². The minimum Gasteiger partial charge on any atom is -0.465 e.